The van der Waals surface area contributed by atoms with E-state index in [1.807, 2.05) is 20.8 Å². The zero-order valence-electron chi connectivity index (χ0n) is 13.6. The van der Waals surface area contributed by atoms with E-state index in [0.29, 0.717) is 36.0 Å². The molecular weight excluding hydrogens is 365 g/mol. The van der Waals surface area contributed by atoms with Crippen LogP contribution in [0.4, 0.5) is 9.18 Å². The molecule has 1 amide bonds. The highest BCUT2D eigenvalue weighted by atomic mass is 79.9. The van der Waals surface area contributed by atoms with Gasteiger partial charge in [0.15, 0.2) is 5.78 Å². The first-order chi connectivity index (χ1) is 10.7. The van der Waals surface area contributed by atoms with Crippen molar-refractivity contribution < 1.29 is 18.7 Å². The largest absolute Gasteiger partial charge is 0.444 e. The van der Waals surface area contributed by atoms with Gasteiger partial charge in [-0.1, -0.05) is 6.07 Å². The highest BCUT2D eigenvalue weighted by molar-refractivity contribution is 9.10. The number of likely N-dealkylation sites (tertiary alicyclic amines) is 1. The monoisotopic (exact) mass is 385 g/mol. The summed E-state index contributed by atoms with van der Waals surface area (Å²) in [6, 6.07) is 4.42. The molecule has 1 aromatic rings. The lowest BCUT2D eigenvalue weighted by atomic mass is 9.89. The van der Waals surface area contributed by atoms with E-state index < -0.39 is 11.4 Å². The van der Waals surface area contributed by atoms with Crippen molar-refractivity contribution >= 4 is 27.8 Å². The van der Waals surface area contributed by atoms with Gasteiger partial charge in [-0.3, -0.25) is 4.79 Å². The molecule has 0 bridgehead atoms. The number of carbonyl (C=O) groups is 2. The molecule has 0 atom stereocenters. The first-order valence-electron chi connectivity index (χ1n) is 7.64. The minimum atomic E-state index is -0.529. The van der Waals surface area contributed by atoms with E-state index in [-0.39, 0.29) is 17.8 Å². The summed E-state index contributed by atoms with van der Waals surface area (Å²) in [6.07, 6.45) is 0.781. The summed E-state index contributed by atoms with van der Waals surface area (Å²) in [7, 11) is 0. The topological polar surface area (TPSA) is 46.6 Å². The van der Waals surface area contributed by atoms with Gasteiger partial charge in [0.25, 0.3) is 0 Å². The summed E-state index contributed by atoms with van der Waals surface area (Å²) in [6.45, 7) is 6.42. The second kappa shape index (κ2) is 6.99. The molecule has 0 N–H and O–H groups in total. The molecule has 0 aliphatic carbocycles. The van der Waals surface area contributed by atoms with Crippen molar-refractivity contribution in [1.82, 2.24) is 4.90 Å². The first-order valence-corrected chi connectivity index (χ1v) is 8.44. The van der Waals surface area contributed by atoms with Crippen molar-refractivity contribution in [1.29, 1.82) is 0 Å². The maximum atomic E-state index is 13.6. The Balaban J connectivity index is 1.94. The highest BCUT2D eigenvalue weighted by Gasteiger charge is 2.30. The molecule has 0 saturated carbocycles. The van der Waals surface area contributed by atoms with Gasteiger partial charge in [-0.2, -0.15) is 0 Å². The Hall–Kier alpha value is -1.43. The smallest absolute Gasteiger partial charge is 0.410 e. The van der Waals surface area contributed by atoms with Crippen molar-refractivity contribution in [3.05, 3.63) is 34.1 Å². The molecule has 1 aromatic carbocycles. The average molecular weight is 386 g/mol. The van der Waals surface area contributed by atoms with Crippen LogP contribution < -0.4 is 0 Å². The quantitative estimate of drug-likeness (QED) is 0.707. The molecule has 126 valence electrons. The Morgan fingerprint density at radius 2 is 1.87 bits per heavy atom. The van der Waals surface area contributed by atoms with Gasteiger partial charge in [0, 0.05) is 24.6 Å². The molecule has 1 saturated heterocycles. The number of benzene rings is 1. The highest BCUT2D eigenvalue weighted by Crippen LogP contribution is 2.25. The standard InChI is InChI=1S/C17H21BrFNO3/c1-17(2,3)23-16(22)20-8-6-11(7-9-20)15(21)12-4-5-13(18)14(19)10-12/h4-5,10-11H,6-9H2,1-3H3. The first kappa shape index (κ1) is 17.9. The molecule has 6 heteroatoms. The van der Waals surface area contributed by atoms with Crippen LogP contribution in [0.1, 0.15) is 44.0 Å². The zero-order chi connectivity index (χ0) is 17.2. The molecule has 0 aromatic heterocycles. The molecule has 23 heavy (non-hydrogen) atoms. The van der Waals surface area contributed by atoms with Crippen LogP contribution in [0, 0.1) is 11.7 Å². The fraction of sp³-hybridized carbons (Fsp3) is 0.529. The number of Topliss-reactive ketones (excluding diaryl/α,β-unsaturated/α-hetero) is 1. The maximum absolute atomic E-state index is 13.6. The van der Waals surface area contributed by atoms with Gasteiger partial charge in [-0.05, 0) is 61.7 Å². The van der Waals surface area contributed by atoms with E-state index in [1.54, 1.807) is 17.0 Å². The molecule has 1 fully saturated rings. The number of hydrogen-bond donors (Lipinski definition) is 0. The van der Waals surface area contributed by atoms with Crippen LogP contribution in [-0.4, -0.2) is 35.5 Å². The third-order valence-corrected chi connectivity index (χ3v) is 4.36. The minimum Gasteiger partial charge on any atom is -0.444 e. The van der Waals surface area contributed by atoms with Gasteiger partial charge in [-0.15, -0.1) is 0 Å². The number of carbonyl (C=O) groups excluding carboxylic acids is 2. The Kier molecular flexibility index (Phi) is 5.45. The SMILES string of the molecule is CC(C)(C)OC(=O)N1CCC(C(=O)c2ccc(Br)c(F)c2)CC1. The Morgan fingerprint density at radius 1 is 1.26 bits per heavy atom. The molecule has 0 spiro atoms. The van der Waals surface area contributed by atoms with Crippen LogP contribution in [0.2, 0.25) is 0 Å². The molecule has 1 heterocycles. The van der Waals surface area contributed by atoms with E-state index in [1.165, 1.54) is 6.07 Å². The second-order valence-electron chi connectivity index (χ2n) is 6.73. The molecule has 0 radical (unpaired) electrons. The Labute approximate surface area is 144 Å². The predicted molar refractivity (Wildman–Crippen MR) is 89.0 cm³/mol. The lowest BCUT2D eigenvalue weighted by Crippen LogP contribution is -2.43. The van der Waals surface area contributed by atoms with Crippen LogP contribution in [0.5, 0.6) is 0 Å². The van der Waals surface area contributed by atoms with Crippen molar-refractivity contribution in [2.24, 2.45) is 5.92 Å². The molecular formula is C17H21BrFNO3. The van der Waals surface area contributed by atoms with Gasteiger partial charge < -0.3 is 9.64 Å². The fourth-order valence-corrected chi connectivity index (χ4v) is 2.78. The summed E-state index contributed by atoms with van der Waals surface area (Å²) >= 11 is 3.08. The normalized spacial score (nSPS) is 16.3. The minimum absolute atomic E-state index is 0.0692. The summed E-state index contributed by atoms with van der Waals surface area (Å²) < 4.78 is 19.2. The van der Waals surface area contributed by atoms with E-state index in [4.69, 9.17) is 4.74 Å². The van der Waals surface area contributed by atoms with Crippen LogP contribution in [0.25, 0.3) is 0 Å². The number of rotatable bonds is 2. The Bertz CT molecular complexity index is 604. The van der Waals surface area contributed by atoms with E-state index in [9.17, 15) is 14.0 Å². The Morgan fingerprint density at radius 3 is 2.39 bits per heavy atom. The van der Waals surface area contributed by atoms with Crippen molar-refractivity contribution in [3.8, 4) is 0 Å². The number of ether oxygens (including phenoxy) is 1. The van der Waals surface area contributed by atoms with Gasteiger partial charge in [-0.25, -0.2) is 9.18 Å². The van der Waals surface area contributed by atoms with Crippen LogP contribution in [-0.2, 0) is 4.74 Å². The summed E-state index contributed by atoms with van der Waals surface area (Å²) in [5, 5.41) is 0. The molecule has 1 aliphatic rings. The fourth-order valence-electron chi connectivity index (χ4n) is 2.54. The summed E-state index contributed by atoms with van der Waals surface area (Å²) in [5.74, 6) is -0.698. The predicted octanol–water partition coefficient (Wildman–Crippen LogP) is 4.42. The second-order valence-corrected chi connectivity index (χ2v) is 7.59. The lowest BCUT2D eigenvalue weighted by Gasteiger charge is -2.33. The van der Waals surface area contributed by atoms with E-state index in [2.05, 4.69) is 15.9 Å². The number of halogens is 2. The number of hydrogen-bond acceptors (Lipinski definition) is 3. The van der Waals surface area contributed by atoms with Gasteiger partial charge in [0.1, 0.15) is 11.4 Å². The zero-order valence-corrected chi connectivity index (χ0v) is 15.2. The molecule has 4 nitrogen and oxygen atoms in total. The van der Waals surface area contributed by atoms with Crippen LogP contribution in [0.15, 0.2) is 22.7 Å². The maximum Gasteiger partial charge on any atom is 0.410 e. The third kappa shape index (κ3) is 4.77. The number of nitrogens with zero attached hydrogens (tertiary/aromatic N) is 1. The van der Waals surface area contributed by atoms with Crippen LogP contribution in [0.3, 0.4) is 0 Å². The summed E-state index contributed by atoms with van der Waals surface area (Å²) in [5.41, 5.74) is -0.153. The van der Waals surface area contributed by atoms with E-state index in [0.717, 1.165) is 0 Å². The van der Waals surface area contributed by atoms with Gasteiger partial charge in [0.2, 0.25) is 0 Å². The average Bonchev–Trinajstić information content (AvgIpc) is 2.48. The van der Waals surface area contributed by atoms with Crippen molar-refractivity contribution in [2.75, 3.05) is 13.1 Å². The molecule has 1 aliphatic heterocycles. The molecule has 2 rings (SSSR count). The number of piperidine rings is 1. The van der Waals surface area contributed by atoms with Gasteiger partial charge >= 0.3 is 6.09 Å². The van der Waals surface area contributed by atoms with Crippen molar-refractivity contribution in [2.45, 2.75) is 39.2 Å². The lowest BCUT2D eigenvalue weighted by molar-refractivity contribution is 0.0182. The third-order valence-electron chi connectivity index (χ3n) is 3.72. The number of ketones is 1. The van der Waals surface area contributed by atoms with E-state index >= 15 is 0 Å². The van der Waals surface area contributed by atoms with Crippen molar-refractivity contribution in [3.63, 3.8) is 0 Å². The number of amides is 1. The van der Waals surface area contributed by atoms with Gasteiger partial charge in [0.05, 0.1) is 4.47 Å². The molecule has 0 unspecified atom stereocenters. The van der Waals surface area contributed by atoms with Crippen LogP contribution >= 0.6 is 15.9 Å². The summed E-state index contributed by atoms with van der Waals surface area (Å²) in [4.78, 5) is 26.1.